The van der Waals surface area contributed by atoms with Crippen LogP contribution in [0.3, 0.4) is 0 Å². The fourth-order valence-electron chi connectivity index (χ4n) is 2.13. The molecule has 11 heteroatoms. The van der Waals surface area contributed by atoms with Crippen molar-refractivity contribution in [1.82, 2.24) is 0 Å². The van der Waals surface area contributed by atoms with Gasteiger partial charge in [0.1, 0.15) is 17.3 Å². The van der Waals surface area contributed by atoms with Gasteiger partial charge in [-0.3, -0.25) is 0 Å². The Morgan fingerprint density at radius 3 is 2.27 bits per heavy atom. The van der Waals surface area contributed by atoms with Crippen molar-refractivity contribution in [2.45, 2.75) is 23.4 Å². The van der Waals surface area contributed by atoms with Gasteiger partial charge in [0.25, 0.3) is 9.84 Å². The molecule has 142 valence electrons. The monoisotopic (exact) mass is 431 g/mol. The molecule has 0 aliphatic heterocycles. The number of halogens is 6. The smallest absolute Gasteiger partial charge is 0.456 e. The first kappa shape index (κ1) is 20.8. The minimum atomic E-state index is -5.68. The zero-order valence-corrected chi connectivity index (χ0v) is 15.3. The van der Waals surface area contributed by atoms with Gasteiger partial charge in [0.05, 0.1) is 9.92 Å². The molecule has 0 amide bonds. The Labute approximate surface area is 156 Å². The molecule has 0 radical (unpaired) electrons. The fourth-order valence-corrected chi connectivity index (χ4v) is 3.85. The second kappa shape index (κ2) is 7.22. The Balaban J connectivity index is 2.61. The van der Waals surface area contributed by atoms with E-state index in [0.29, 0.717) is 6.07 Å². The van der Waals surface area contributed by atoms with Crippen LogP contribution in [-0.2, 0) is 9.84 Å². The maximum Gasteiger partial charge on any atom is 0.501 e. The second-order valence-corrected chi connectivity index (χ2v) is 7.96. The molecular formula is C15H11Cl2F4NO3S. The summed E-state index contributed by atoms with van der Waals surface area (Å²) >= 11 is 11.7. The van der Waals surface area contributed by atoms with Crippen LogP contribution in [-0.4, -0.2) is 13.9 Å². The lowest BCUT2D eigenvalue weighted by Gasteiger charge is -2.19. The van der Waals surface area contributed by atoms with Crippen LogP contribution in [0.4, 0.5) is 17.6 Å². The Bertz CT molecular complexity index is 926. The summed E-state index contributed by atoms with van der Waals surface area (Å²) in [6.07, 6.45) is 0. The number of ether oxygens (including phenoxy) is 1. The van der Waals surface area contributed by atoms with E-state index in [1.54, 1.807) is 0 Å². The molecule has 0 saturated heterocycles. The Hall–Kier alpha value is -1.55. The largest absolute Gasteiger partial charge is 0.501 e. The third-order valence-electron chi connectivity index (χ3n) is 3.22. The highest BCUT2D eigenvalue weighted by Crippen LogP contribution is 2.42. The molecule has 0 aromatic heterocycles. The van der Waals surface area contributed by atoms with E-state index in [4.69, 9.17) is 33.7 Å². The number of nitrogens with two attached hydrogens (primary N) is 1. The topological polar surface area (TPSA) is 69.4 Å². The summed E-state index contributed by atoms with van der Waals surface area (Å²) in [5.41, 5.74) is -0.385. The SMILES string of the molecule is CC(N)c1c(S(=O)(=O)C(F)(F)F)ccc(Oc2cc(F)cc(Cl)c2)c1Cl. The van der Waals surface area contributed by atoms with E-state index in [1.807, 2.05) is 0 Å². The predicted molar refractivity (Wildman–Crippen MR) is 88.8 cm³/mol. The lowest BCUT2D eigenvalue weighted by molar-refractivity contribution is -0.0436. The van der Waals surface area contributed by atoms with Gasteiger partial charge in [-0.2, -0.15) is 13.2 Å². The predicted octanol–water partition coefficient (Wildman–Crippen LogP) is 5.24. The third kappa shape index (κ3) is 4.06. The normalized spacial score (nSPS) is 13.5. The number of hydrogen-bond donors (Lipinski definition) is 1. The molecule has 4 nitrogen and oxygen atoms in total. The van der Waals surface area contributed by atoms with Crippen molar-refractivity contribution >= 4 is 33.0 Å². The highest BCUT2D eigenvalue weighted by molar-refractivity contribution is 7.92. The number of sulfone groups is 1. The second-order valence-electron chi connectivity index (χ2n) is 5.23. The van der Waals surface area contributed by atoms with E-state index in [9.17, 15) is 26.0 Å². The van der Waals surface area contributed by atoms with Crippen LogP contribution in [0.1, 0.15) is 18.5 Å². The molecule has 2 aromatic rings. The summed E-state index contributed by atoms with van der Waals surface area (Å²) < 4.78 is 80.8. The third-order valence-corrected chi connectivity index (χ3v) is 5.37. The summed E-state index contributed by atoms with van der Waals surface area (Å²) in [6, 6.07) is 3.67. The van der Waals surface area contributed by atoms with Crippen LogP contribution < -0.4 is 10.5 Å². The van der Waals surface area contributed by atoms with Gasteiger partial charge >= 0.3 is 5.51 Å². The van der Waals surface area contributed by atoms with Gasteiger partial charge in [0.2, 0.25) is 0 Å². The average Bonchev–Trinajstić information content (AvgIpc) is 2.46. The Morgan fingerprint density at radius 2 is 1.77 bits per heavy atom. The number of benzene rings is 2. The van der Waals surface area contributed by atoms with Crippen molar-refractivity contribution in [2.24, 2.45) is 5.73 Å². The first-order chi connectivity index (χ1) is 11.8. The summed E-state index contributed by atoms with van der Waals surface area (Å²) in [6.45, 7) is 1.26. The number of rotatable bonds is 4. The minimum Gasteiger partial charge on any atom is -0.456 e. The van der Waals surface area contributed by atoms with Crippen LogP contribution in [0.25, 0.3) is 0 Å². The molecule has 0 bridgehead atoms. The molecule has 0 heterocycles. The van der Waals surface area contributed by atoms with Gasteiger partial charge in [-0.05, 0) is 31.2 Å². The molecule has 0 saturated carbocycles. The standard InChI is InChI=1S/C15H11Cl2F4NO3S/c1-7(22)13-12(26(23,24)15(19,20)21)3-2-11(14(13)17)25-10-5-8(16)4-9(18)6-10/h2-7H,22H2,1H3. The maximum atomic E-state index is 13.4. The van der Waals surface area contributed by atoms with Crippen molar-refractivity contribution < 1.29 is 30.7 Å². The summed E-state index contributed by atoms with van der Waals surface area (Å²) in [5, 5.41) is -0.425. The molecule has 1 unspecified atom stereocenters. The van der Waals surface area contributed by atoms with Gasteiger partial charge in [0.15, 0.2) is 0 Å². The van der Waals surface area contributed by atoms with Crippen LogP contribution in [0.5, 0.6) is 11.5 Å². The van der Waals surface area contributed by atoms with Gasteiger partial charge in [0, 0.05) is 22.7 Å². The van der Waals surface area contributed by atoms with E-state index < -0.39 is 42.7 Å². The highest BCUT2D eigenvalue weighted by atomic mass is 35.5. The van der Waals surface area contributed by atoms with Crippen LogP contribution in [0.2, 0.25) is 10.0 Å². The van der Waals surface area contributed by atoms with Crippen molar-refractivity contribution in [2.75, 3.05) is 0 Å². The van der Waals surface area contributed by atoms with Crippen molar-refractivity contribution in [3.63, 3.8) is 0 Å². The zero-order chi connectivity index (χ0) is 19.9. The zero-order valence-electron chi connectivity index (χ0n) is 12.9. The first-order valence-electron chi connectivity index (χ1n) is 6.88. The van der Waals surface area contributed by atoms with Gasteiger partial charge in [-0.15, -0.1) is 0 Å². The van der Waals surface area contributed by atoms with Crippen molar-refractivity contribution in [1.29, 1.82) is 0 Å². The van der Waals surface area contributed by atoms with Crippen LogP contribution in [0.15, 0.2) is 35.2 Å². The summed E-state index contributed by atoms with van der Waals surface area (Å²) in [4.78, 5) is -1.07. The molecule has 0 aliphatic rings. The van der Waals surface area contributed by atoms with Gasteiger partial charge < -0.3 is 10.5 Å². The quantitative estimate of drug-likeness (QED) is 0.672. The fraction of sp³-hybridized carbons (Fsp3) is 0.200. The molecule has 26 heavy (non-hydrogen) atoms. The van der Waals surface area contributed by atoms with Crippen molar-refractivity contribution in [3.8, 4) is 11.5 Å². The maximum absolute atomic E-state index is 13.4. The number of hydrogen-bond acceptors (Lipinski definition) is 4. The van der Waals surface area contributed by atoms with E-state index in [2.05, 4.69) is 0 Å². The molecule has 1 atom stereocenters. The van der Waals surface area contributed by atoms with E-state index in [1.165, 1.54) is 13.0 Å². The number of alkyl halides is 3. The molecule has 2 N–H and O–H groups in total. The van der Waals surface area contributed by atoms with E-state index in [0.717, 1.165) is 18.2 Å². The molecule has 0 spiro atoms. The first-order valence-corrected chi connectivity index (χ1v) is 9.11. The molecule has 0 fully saturated rings. The summed E-state index contributed by atoms with van der Waals surface area (Å²) in [5.74, 6) is -1.01. The summed E-state index contributed by atoms with van der Waals surface area (Å²) in [7, 11) is -5.68. The van der Waals surface area contributed by atoms with Crippen LogP contribution >= 0.6 is 23.2 Å². The van der Waals surface area contributed by atoms with E-state index >= 15 is 0 Å². The lowest BCUT2D eigenvalue weighted by atomic mass is 10.1. The Morgan fingerprint density at radius 1 is 1.15 bits per heavy atom. The molecule has 2 aromatic carbocycles. The van der Waals surface area contributed by atoms with Crippen molar-refractivity contribution in [3.05, 3.63) is 51.8 Å². The Kier molecular flexibility index (Phi) is 5.77. The minimum absolute atomic E-state index is 0.0137. The van der Waals surface area contributed by atoms with Crippen LogP contribution in [0, 0.1) is 5.82 Å². The van der Waals surface area contributed by atoms with E-state index in [-0.39, 0.29) is 16.5 Å². The highest BCUT2D eigenvalue weighted by Gasteiger charge is 2.48. The van der Waals surface area contributed by atoms with Gasteiger partial charge in [-0.1, -0.05) is 23.2 Å². The molecule has 2 rings (SSSR count). The molecule has 0 aliphatic carbocycles. The molecular weight excluding hydrogens is 421 g/mol. The lowest BCUT2D eigenvalue weighted by Crippen LogP contribution is -2.26. The average molecular weight is 432 g/mol. The van der Waals surface area contributed by atoms with Gasteiger partial charge in [-0.25, -0.2) is 12.8 Å².